The van der Waals surface area contributed by atoms with Crippen LogP contribution in [0.2, 0.25) is 0 Å². The summed E-state index contributed by atoms with van der Waals surface area (Å²) < 4.78 is 12.7. The zero-order valence-electron chi connectivity index (χ0n) is 7.66. The number of aliphatic hydroxyl groups is 1. The molecule has 1 rings (SSSR count). The minimum Gasteiger partial charge on any atom is -0.391 e. The quantitative estimate of drug-likeness (QED) is 0.671. The molecule has 4 heteroatoms. The van der Waals surface area contributed by atoms with E-state index in [2.05, 4.69) is 4.98 Å². The zero-order chi connectivity index (χ0) is 10.0. The van der Waals surface area contributed by atoms with E-state index in [1.54, 1.807) is 19.9 Å². The van der Waals surface area contributed by atoms with Crippen LogP contribution in [-0.2, 0) is 0 Å². The van der Waals surface area contributed by atoms with Gasteiger partial charge in [-0.3, -0.25) is 0 Å². The normalized spacial score (nSPS) is 15.5. The average molecular weight is 184 g/mol. The largest absolute Gasteiger partial charge is 0.391 e. The van der Waals surface area contributed by atoms with Crippen LogP contribution in [0.4, 0.5) is 4.39 Å². The molecule has 0 aliphatic rings. The fourth-order valence-electron chi connectivity index (χ4n) is 1.04. The van der Waals surface area contributed by atoms with Gasteiger partial charge in [-0.2, -0.15) is 4.39 Å². The maximum Gasteiger partial charge on any atom is 0.215 e. The SMILES string of the molecule is Cc1cc(C(N)C(C)O)cnc1F. The minimum atomic E-state index is -0.660. The molecule has 0 aromatic carbocycles. The van der Waals surface area contributed by atoms with Crippen LogP contribution in [-0.4, -0.2) is 16.2 Å². The van der Waals surface area contributed by atoms with E-state index in [0.29, 0.717) is 11.1 Å². The molecule has 0 saturated heterocycles. The number of pyridine rings is 1. The lowest BCUT2D eigenvalue weighted by molar-refractivity contribution is 0.164. The van der Waals surface area contributed by atoms with E-state index in [1.165, 1.54) is 6.20 Å². The van der Waals surface area contributed by atoms with Crippen molar-refractivity contribution in [1.82, 2.24) is 4.98 Å². The Balaban J connectivity index is 2.97. The minimum absolute atomic E-state index is 0.439. The van der Waals surface area contributed by atoms with Gasteiger partial charge in [-0.15, -0.1) is 0 Å². The molecule has 3 N–H and O–H groups in total. The Morgan fingerprint density at radius 1 is 1.62 bits per heavy atom. The second kappa shape index (κ2) is 3.81. The van der Waals surface area contributed by atoms with Gasteiger partial charge in [-0.05, 0) is 25.5 Å². The van der Waals surface area contributed by atoms with Crippen LogP contribution in [0.5, 0.6) is 0 Å². The summed E-state index contributed by atoms with van der Waals surface area (Å²) in [6.07, 6.45) is 0.686. The molecule has 0 spiro atoms. The fourth-order valence-corrected chi connectivity index (χ4v) is 1.04. The highest BCUT2D eigenvalue weighted by Crippen LogP contribution is 2.15. The van der Waals surface area contributed by atoms with Gasteiger partial charge in [-0.1, -0.05) is 0 Å². The molecule has 0 fully saturated rings. The molecule has 0 amide bonds. The first-order valence-electron chi connectivity index (χ1n) is 4.08. The van der Waals surface area contributed by atoms with Crippen molar-refractivity contribution >= 4 is 0 Å². The highest BCUT2D eigenvalue weighted by molar-refractivity contribution is 5.21. The number of aliphatic hydroxyl groups excluding tert-OH is 1. The van der Waals surface area contributed by atoms with Crippen LogP contribution < -0.4 is 5.73 Å². The predicted molar refractivity (Wildman–Crippen MR) is 47.5 cm³/mol. The highest BCUT2D eigenvalue weighted by atomic mass is 19.1. The van der Waals surface area contributed by atoms with E-state index in [-0.39, 0.29) is 0 Å². The summed E-state index contributed by atoms with van der Waals surface area (Å²) in [5, 5.41) is 9.19. The molecule has 0 radical (unpaired) electrons. The number of hydrogen-bond acceptors (Lipinski definition) is 3. The average Bonchev–Trinajstić information content (AvgIpc) is 2.08. The van der Waals surface area contributed by atoms with Crippen molar-refractivity contribution in [2.24, 2.45) is 5.73 Å². The first kappa shape index (κ1) is 10.1. The summed E-state index contributed by atoms with van der Waals surface area (Å²) in [5.41, 5.74) is 6.73. The number of halogens is 1. The third-order valence-corrected chi connectivity index (χ3v) is 1.94. The molecule has 1 heterocycles. The number of hydrogen-bond donors (Lipinski definition) is 2. The summed E-state index contributed by atoms with van der Waals surface area (Å²) in [6.45, 7) is 3.20. The Labute approximate surface area is 76.4 Å². The van der Waals surface area contributed by atoms with Crippen molar-refractivity contribution in [3.8, 4) is 0 Å². The zero-order valence-corrected chi connectivity index (χ0v) is 7.66. The lowest BCUT2D eigenvalue weighted by Gasteiger charge is -2.14. The third kappa shape index (κ3) is 2.23. The van der Waals surface area contributed by atoms with E-state index >= 15 is 0 Å². The van der Waals surface area contributed by atoms with Gasteiger partial charge in [0.2, 0.25) is 5.95 Å². The number of nitrogens with zero attached hydrogens (tertiary/aromatic N) is 1. The lowest BCUT2D eigenvalue weighted by Crippen LogP contribution is -2.23. The third-order valence-electron chi connectivity index (χ3n) is 1.94. The Morgan fingerprint density at radius 3 is 2.69 bits per heavy atom. The highest BCUT2D eigenvalue weighted by Gasteiger charge is 2.13. The van der Waals surface area contributed by atoms with Crippen molar-refractivity contribution in [2.75, 3.05) is 0 Å². The van der Waals surface area contributed by atoms with Crippen LogP contribution in [0, 0.1) is 12.9 Å². The smallest absolute Gasteiger partial charge is 0.215 e. The molecular weight excluding hydrogens is 171 g/mol. The maximum atomic E-state index is 12.7. The lowest BCUT2D eigenvalue weighted by atomic mass is 10.0. The monoisotopic (exact) mass is 184 g/mol. The molecule has 2 atom stereocenters. The van der Waals surface area contributed by atoms with Gasteiger partial charge in [0.05, 0.1) is 12.1 Å². The molecule has 1 aromatic rings. The summed E-state index contributed by atoms with van der Waals surface area (Å²) in [7, 11) is 0. The number of rotatable bonds is 2. The van der Waals surface area contributed by atoms with Crippen molar-refractivity contribution in [1.29, 1.82) is 0 Å². The second-order valence-corrected chi connectivity index (χ2v) is 3.14. The van der Waals surface area contributed by atoms with E-state index in [9.17, 15) is 9.50 Å². The van der Waals surface area contributed by atoms with E-state index in [1.807, 2.05) is 0 Å². The van der Waals surface area contributed by atoms with Crippen molar-refractivity contribution in [3.05, 3.63) is 29.3 Å². The van der Waals surface area contributed by atoms with E-state index in [0.717, 1.165) is 0 Å². The number of aromatic nitrogens is 1. The molecule has 1 aromatic heterocycles. The van der Waals surface area contributed by atoms with Gasteiger partial charge in [-0.25, -0.2) is 4.98 Å². The molecular formula is C9H13FN2O. The standard InChI is InChI=1S/C9H13FN2O/c1-5-3-7(4-12-9(5)10)8(11)6(2)13/h3-4,6,8,13H,11H2,1-2H3. The topological polar surface area (TPSA) is 59.1 Å². The van der Waals surface area contributed by atoms with Gasteiger partial charge >= 0.3 is 0 Å². The molecule has 0 saturated carbocycles. The summed E-state index contributed by atoms with van der Waals surface area (Å²) in [4.78, 5) is 3.52. The number of aryl methyl sites for hydroxylation is 1. The van der Waals surface area contributed by atoms with Crippen molar-refractivity contribution in [3.63, 3.8) is 0 Å². The molecule has 0 bridgehead atoms. The van der Waals surface area contributed by atoms with Crippen LogP contribution >= 0.6 is 0 Å². The molecule has 3 nitrogen and oxygen atoms in total. The van der Waals surface area contributed by atoms with Crippen LogP contribution in [0.15, 0.2) is 12.3 Å². The van der Waals surface area contributed by atoms with Crippen LogP contribution in [0.1, 0.15) is 24.1 Å². The van der Waals surface area contributed by atoms with E-state index < -0.39 is 18.1 Å². The van der Waals surface area contributed by atoms with Crippen molar-refractivity contribution in [2.45, 2.75) is 26.0 Å². The van der Waals surface area contributed by atoms with E-state index in [4.69, 9.17) is 5.73 Å². The van der Waals surface area contributed by atoms with Gasteiger partial charge in [0, 0.05) is 11.8 Å². The molecule has 72 valence electrons. The van der Waals surface area contributed by atoms with Gasteiger partial charge < -0.3 is 10.8 Å². The van der Waals surface area contributed by atoms with Gasteiger partial charge in [0.1, 0.15) is 0 Å². The first-order chi connectivity index (χ1) is 6.02. The molecule has 0 aliphatic carbocycles. The Morgan fingerprint density at radius 2 is 2.23 bits per heavy atom. The summed E-state index contributed by atoms with van der Waals surface area (Å²) in [5.74, 6) is -0.499. The summed E-state index contributed by atoms with van der Waals surface area (Å²) in [6, 6.07) is 1.09. The van der Waals surface area contributed by atoms with Crippen LogP contribution in [0.25, 0.3) is 0 Å². The Hall–Kier alpha value is -1.00. The fraction of sp³-hybridized carbons (Fsp3) is 0.444. The van der Waals surface area contributed by atoms with Gasteiger partial charge in [0.25, 0.3) is 0 Å². The van der Waals surface area contributed by atoms with Crippen LogP contribution in [0.3, 0.4) is 0 Å². The Bertz CT molecular complexity index is 302. The number of nitrogens with two attached hydrogens (primary N) is 1. The summed E-state index contributed by atoms with van der Waals surface area (Å²) >= 11 is 0. The maximum absolute atomic E-state index is 12.7. The van der Waals surface area contributed by atoms with Gasteiger partial charge in [0.15, 0.2) is 0 Å². The van der Waals surface area contributed by atoms with Crippen molar-refractivity contribution < 1.29 is 9.50 Å². The molecule has 2 unspecified atom stereocenters. The first-order valence-corrected chi connectivity index (χ1v) is 4.08. The molecule has 0 aliphatic heterocycles. The molecule has 13 heavy (non-hydrogen) atoms. The second-order valence-electron chi connectivity index (χ2n) is 3.14. The predicted octanol–water partition coefficient (Wildman–Crippen LogP) is 0.910. The Kier molecular flexibility index (Phi) is 2.95.